The van der Waals surface area contributed by atoms with Crippen LogP contribution in [0.5, 0.6) is 5.75 Å². The molecule has 0 aromatic heterocycles. The molecule has 0 heterocycles. The highest BCUT2D eigenvalue weighted by Gasteiger charge is 2.42. The number of anilines is 1. The van der Waals surface area contributed by atoms with Crippen molar-refractivity contribution >= 4 is 11.6 Å². The second-order valence-corrected chi connectivity index (χ2v) is 5.50. The lowest BCUT2D eigenvalue weighted by Crippen LogP contribution is -2.27. The number of carbonyl (C=O) groups is 1. The van der Waals surface area contributed by atoms with Crippen LogP contribution in [0.4, 0.5) is 5.69 Å². The van der Waals surface area contributed by atoms with Crippen molar-refractivity contribution < 1.29 is 9.53 Å². The zero-order valence-corrected chi connectivity index (χ0v) is 10.7. The molecule has 0 aliphatic heterocycles. The van der Waals surface area contributed by atoms with Gasteiger partial charge in [0.15, 0.2) is 0 Å². The first-order valence-electron chi connectivity index (χ1n) is 6.71. The predicted octanol–water partition coefficient (Wildman–Crippen LogP) is 3.07. The van der Waals surface area contributed by atoms with E-state index in [4.69, 9.17) is 4.74 Å². The second-order valence-electron chi connectivity index (χ2n) is 5.50. The zero-order chi connectivity index (χ0) is 12.5. The van der Waals surface area contributed by atoms with Crippen LogP contribution in [0.25, 0.3) is 0 Å². The van der Waals surface area contributed by atoms with Gasteiger partial charge in [-0.3, -0.25) is 4.79 Å². The number of hydrogen-bond donors (Lipinski definition) is 1. The first-order chi connectivity index (χ1) is 8.76. The molecule has 1 N–H and O–H groups in total. The lowest BCUT2D eigenvalue weighted by atomic mass is 9.88. The standard InChI is InChI=1S/C15H19NO2/c1-18-13-4-2-3-12(9-13)16-15(17)14-8-10-5-6-11(14)7-10/h2-4,9-11,14H,5-8H2,1H3,(H,16,17)/t10-,11-,14+/m1/s1. The van der Waals surface area contributed by atoms with E-state index in [-0.39, 0.29) is 11.8 Å². The number of ether oxygens (including phenoxy) is 1. The minimum Gasteiger partial charge on any atom is -0.497 e. The van der Waals surface area contributed by atoms with E-state index in [1.807, 2.05) is 24.3 Å². The molecule has 0 radical (unpaired) electrons. The summed E-state index contributed by atoms with van der Waals surface area (Å²) in [5, 5.41) is 3.02. The van der Waals surface area contributed by atoms with Gasteiger partial charge in [-0.2, -0.15) is 0 Å². The number of nitrogens with one attached hydrogen (secondary N) is 1. The van der Waals surface area contributed by atoms with E-state index in [0.717, 1.165) is 23.8 Å². The lowest BCUT2D eigenvalue weighted by molar-refractivity contribution is -0.121. The van der Waals surface area contributed by atoms with E-state index in [1.54, 1.807) is 7.11 Å². The Morgan fingerprint density at radius 1 is 1.33 bits per heavy atom. The van der Waals surface area contributed by atoms with E-state index in [9.17, 15) is 4.79 Å². The number of carbonyl (C=O) groups excluding carboxylic acids is 1. The topological polar surface area (TPSA) is 38.3 Å². The van der Waals surface area contributed by atoms with Crippen molar-refractivity contribution in [2.24, 2.45) is 17.8 Å². The average Bonchev–Trinajstić information content (AvgIpc) is 3.01. The average molecular weight is 245 g/mol. The third kappa shape index (κ3) is 2.09. The van der Waals surface area contributed by atoms with Crippen molar-refractivity contribution in [3.05, 3.63) is 24.3 Å². The Kier molecular flexibility index (Phi) is 2.98. The maximum absolute atomic E-state index is 12.3. The Balaban J connectivity index is 1.67. The van der Waals surface area contributed by atoms with Crippen molar-refractivity contribution in [3.63, 3.8) is 0 Å². The number of hydrogen-bond acceptors (Lipinski definition) is 2. The predicted molar refractivity (Wildman–Crippen MR) is 70.6 cm³/mol. The number of rotatable bonds is 3. The molecule has 0 unspecified atom stereocenters. The van der Waals surface area contributed by atoms with Gasteiger partial charge in [0.2, 0.25) is 5.91 Å². The minimum atomic E-state index is 0.190. The fraction of sp³-hybridized carbons (Fsp3) is 0.533. The van der Waals surface area contributed by atoms with Crippen LogP contribution in [-0.2, 0) is 4.79 Å². The van der Waals surface area contributed by atoms with Gasteiger partial charge < -0.3 is 10.1 Å². The monoisotopic (exact) mass is 245 g/mol. The first kappa shape index (κ1) is 11.6. The van der Waals surface area contributed by atoms with Crippen molar-refractivity contribution in [1.82, 2.24) is 0 Å². The third-order valence-electron chi connectivity index (χ3n) is 4.41. The van der Waals surface area contributed by atoms with Crippen LogP contribution in [0, 0.1) is 17.8 Å². The van der Waals surface area contributed by atoms with Gasteiger partial charge in [0, 0.05) is 17.7 Å². The molecule has 1 amide bonds. The summed E-state index contributed by atoms with van der Waals surface area (Å²) in [5.74, 6) is 2.63. The Bertz CT molecular complexity index is 458. The minimum absolute atomic E-state index is 0.190. The Morgan fingerprint density at radius 2 is 2.22 bits per heavy atom. The molecular formula is C15H19NO2. The molecule has 1 aromatic carbocycles. The normalized spacial score (nSPS) is 29.3. The zero-order valence-electron chi connectivity index (χ0n) is 10.7. The SMILES string of the molecule is COc1cccc(NC(=O)[C@H]2C[C@@H]3CC[C@@H]2C3)c1. The van der Waals surface area contributed by atoms with Crippen molar-refractivity contribution in [1.29, 1.82) is 0 Å². The lowest BCUT2D eigenvalue weighted by Gasteiger charge is -2.20. The van der Waals surface area contributed by atoms with Crippen molar-refractivity contribution in [2.45, 2.75) is 25.7 Å². The molecule has 2 fully saturated rings. The molecule has 0 spiro atoms. The van der Waals surface area contributed by atoms with Crippen LogP contribution in [0.3, 0.4) is 0 Å². The molecule has 2 aliphatic carbocycles. The van der Waals surface area contributed by atoms with E-state index in [0.29, 0.717) is 5.92 Å². The summed E-state index contributed by atoms with van der Waals surface area (Å²) in [7, 11) is 1.64. The van der Waals surface area contributed by atoms with Gasteiger partial charge >= 0.3 is 0 Å². The molecule has 1 aromatic rings. The summed E-state index contributed by atoms with van der Waals surface area (Å²) in [6.07, 6.45) is 4.91. The largest absolute Gasteiger partial charge is 0.497 e. The molecule has 3 rings (SSSR count). The van der Waals surface area contributed by atoms with Crippen LogP contribution in [0.2, 0.25) is 0 Å². The van der Waals surface area contributed by atoms with Gasteiger partial charge in [0.1, 0.15) is 5.75 Å². The van der Waals surface area contributed by atoms with Gasteiger partial charge in [-0.05, 0) is 43.2 Å². The molecule has 3 atom stereocenters. The number of benzene rings is 1. The summed E-state index contributed by atoms with van der Waals surface area (Å²) in [5.41, 5.74) is 0.835. The van der Waals surface area contributed by atoms with E-state index < -0.39 is 0 Å². The number of amides is 1. The molecule has 18 heavy (non-hydrogen) atoms. The molecule has 2 saturated carbocycles. The maximum Gasteiger partial charge on any atom is 0.227 e. The van der Waals surface area contributed by atoms with Crippen LogP contribution in [0.1, 0.15) is 25.7 Å². The summed E-state index contributed by atoms with van der Waals surface area (Å²) < 4.78 is 5.16. The number of fused-ring (bicyclic) bond motifs is 2. The molecule has 3 heteroatoms. The van der Waals surface area contributed by atoms with Gasteiger partial charge in [0.25, 0.3) is 0 Å². The second kappa shape index (κ2) is 4.63. The first-order valence-corrected chi connectivity index (χ1v) is 6.71. The summed E-state index contributed by atoms with van der Waals surface area (Å²) in [6, 6.07) is 7.56. The van der Waals surface area contributed by atoms with Gasteiger partial charge in [-0.1, -0.05) is 12.5 Å². The van der Waals surface area contributed by atoms with Crippen LogP contribution in [0.15, 0.2) is 24.3 Å². The molecule has 3 nitrogen and oxygen atoms in total. The fourth-order valence-electron chi connectivity index (χ4n) is 3.50. The molecule has 0 saturated heterocycles. The third-order valence-corrected chi connectivity index (χ3v) is 4.41. The summed E-state index contributed by atoms with van der Waals surface area (Å²) >= 11 is 0. The molecule has 2 aliphatic rings. The molecule has 96 valence electrons. The van der Waals surface area contributed by atoms with E-state index >= 15 is 0 Å². The van der Waals surface area contributed by atoms with Crippen LogP contribution in [-0.4, -0.2) is 13.0 Å². The Labute approximate surface area is 108 Å². The van der Waals surface area contributed by atoms with Crippen LogP contribution < -0.4 is 10.1 Å². The maximum atomic E-state index is 12.3. The van der Waals surface area contributed by atoms with Crippen molar-refractivity contribution in [3.8, 4) is 5.75 Å². The molecule has 2 bridgehead atoms. The highest BCUT2D eigenvalue weighted by atomic mass is 16.5. The smallest absolute Gasteiger partial charge is 0.227 e. The van der Waals surface area contributed by atoms with E-state index in [1.165, 1.54) is 19.3 Å². The Hall–Kier alpha value is -1.51. The summed E-state index contributed by atoms with van der Waals surface area (Å²) in [4.78, 5) is 12.3. The highest BCUT2D eigenvalue weighted by Crippen LogP contribution is 2.48. The van der Waals surface area contributed by atoms with Crippen LogP contribution >= 0.6 is 0 Å². The fourth-order valence-corrected chi connectivity index (χ4v) is 3.50. The van der Waals surface area contributed by atoms with Gasteiger partial charge in [-0.25, -0.2) is 0 Å². The summed E-state index contributed by atoms with van der Waals surface area (Å²) in [6.45, 7) is 0. The van der Waals surface area contributed by atoms with Gasteiger partial charge in [0.05, 0.1) is 7.11 Å². The van der Waals surface area contributed by atoms with Gasteiger partial charge in [-0.15, -0.1) is 0 Å². The highest BCUT2D eigenvalue weighted by molar-refractivity contribution is 5.93. The number of methoxy groups -OCH3 is 1. The quantitative estimate of drug-likeness (QED) is 0.888. The molecular weight excluding hydrogens is 226 g/mol. The Morgan fingerprint density at radius 3 is 2.89 bits per heavy atom. The van der Waals surface area contributed by atoms with Crippen molar-refractivity contribution in [2.75, 3.05) is 12.4 Å². The van der Waals surface area contributed by atoms with E-state index in [2.05, 4.69) is 5.32 Å².